The molecule has 0 aliphatic heterocycles. The fourth-order valence-electron chi connectivity index (χ4n) is 2.21. The van der Waals surface area contributed by atoms with Crippen LogP contribution in [0.4, 0.5) is 11.4 Å². The van der Waals surface area contributed by atoms with Gasteiger partial charge in [-0.15, -0.1) is 11.3 Å². The fourth-order valence-corrected chi connectivity index (χ4v) is 3.16. The number of carbonyl (C=O) groups excluding carboxylic acids is 1. The van der Waals surface area contributed by atoms with Gasteiger partial charge in [0, 0.05) is 6.54 Å². The highest BCUT2D eigenvalue weighted by Crippen LogP contribution is 2.27. The van der Waals surface area contributed by atoms with Gasteiger partial charge in [-0.1, -0.05) is 26.0 Å². The molecule has 0 saturated carbocycles. The molecule has 2 aromatic rings. The van der Waals surface area contributed by atoms with Crippen molar-refractivity contribution >= 4 is 28.6 Å². The lowest BCUT2D eigenvalue weighted by atomic mass is 10.1. The van der Waals surface area contributed by atoms with Crippen molar-refractivity contribution in [1.82, 2.24) is 0 Å². The van der Waals surface area contributed by atoms with Crippen LogP contribution < -0.4 is 10.6 Å². The van der Waals surface area contributed by atoms with Crippen LogP contribution in [0.3, 0.4) is 0 Å². The van der Waals surface area contributed by atoms with Gasteiger partial charge in [0.2, 0.25) is 0 Å². The maximum atomic E-state index is 12.8. The molecule has 0 radical (unpaired) electrons. The number of carbonyl (C=O) groups is 1. The van der Waals surface area contributed by atoms with Crippen LogP contribution in [0.15, 0.2) is 35.7 Å². The second-order valence-corrected chi connectivity index (χ2v) is 5.56. The predicted molar refractivity (Wildman–Crippen MR) is 86.5 cm³/mol. The van der Waals surface area contributed by atoms with Crippen molar-refractivity contribution in [3.8, 4) is 0 Å². The van der Waals surface area contributed by atoms with Crippen molar-refractivity contribution in [2.45, 2.75) is 26.7 Å². The minimum atomic E-state index is 0.0524. The molecule has 0 unspecified atom stereocenters. The highest BCUT2D eigenvalue weighted by Gasteiger charge is 2.21. The van der Waals surface area contributed by atoms with Crippen LogP contribution in [0.1, 0.15) is 35.5 Å². The van der Waals surface area contributed by atoms with E-state index in [-0.39, 0.29) is 5.91 Å². The zero-order valence-electron chi connectivity index (χ0n) is 11.9. The molecule has 0 aliphatic rings. The van der Waals surface area contributed by atoms with E-state index in [0.717, 1.165) is 29.0 Å². The van der Waals surface area contributed by atoms with E-state index in [1.54, 1.807) is 4.90 Å². The number of amides is 1. The lowest BCUT2D eigenvalue weighted by molar-refractivity contribution is 0.0990. The van der Waals surface area contributed by atoms with Crippen molar-refractivity contribution in [1.29, 1.82) is 0 Å². The molecule has 0 spiro atoms. The molecule has 1 aromatic heterocycles. The quantitative estimate of drug-likeness (QED) is 0.847. The van der Waals surface area contributed by atoms with Gasteiger partial charge in [0.25, 0.3) is 5.91 Å². The molecule has 0 bridgehead atoms. The average Bonchev–Trinajstić information content (AvgIpc) is 2.93. The highest BCUT2D eigenvalue weighted by atomic mass is 32.1. The number of aryl methyl sites for hydroxylation is 1. The summed E-state index contributed by atoms with van der Waals surface area (Å²) >= 11 is 1.50. The normalized spacial score (nSPS) is 10.5. The SMILES string of the molecule is CCCN(C(=O)c1sccc1CC)c1ccccc1N. The summed E-state index contributed by atoms with van der Waals surface area (Å²) in [5, 5.41) is 1.98. The summed E-state index contributed by atoms with van der Waals surface area (Å²) in [6.45, 7) is 4.81. The standard InChI is InChI=1S/C16H20N2OS/c1-3-10-18(14-8-6-5-7-13(14)17)16(19)15-12(4-2)9-11-20-15/h5-9,11H,3-4,10,17H2,1-2H3. The Balaban J connectivity index is 2.39. The minimum absolute atomic E-state index is 0.0524. The average molecular weight is 288 g/mol. The fraction of sp³-hybridized carbons (Fsp3) is 0.312. The Morgan fingerprint density at radius 2 is 2.00 bits per heavy atom. The number of nitrogens with zero attached hydrogens (tertiary/aromatic N) is 1. The van der Waals surface area contributed by atoms with Gasteiger partial charge in [0.05, 0.1) is 16.3 Å². The van der Waals surface area contributed by atoms with E-state index >= 15 is 0 Å². The summed E-state index contributed by atoms with van der Waals surface area (Å²) in [4.78, 5) is 15.4. The third-order valence-corrected chi connectivity index (χ3v) is 4.19. The van der Waals surface area contributed by atoms with E-state index in [2.05, 4.69) is 13.8 Å². The molecule has 2 rings (SSSR count). The highest BCUT2D eigenvalue weighted by molar-refractivity contribution is 7.12. The third kappa shape index (κ3) is 2.85. The summed E-state index contributed by atoms with van der Waals surface area (Å²) in [6.07, 6.45) is 1.77. The monoisotopic (exact) mass is 288 g/mol. The van der Waals surface area contributed by atoms with Crippen molar-refractivity contribution in [3.63, 3.8) is 0 Å². The number of para-hydroxylation sites is 2. The van der Waals surface area contributed by atoms with Crippen LogP contribution >= 0.6 is 11.3 Å². The molecular formula is C16H20N2OS. The molecule has 1 amide bonds. The number of nitrogens with two attached hydrogens (primary N) is 1. The lowest BCUT2D eigenvalue weighted by Crippen LogP contribution is -2.32. The van der Waals surface area contributed by atoms with Gasteiger partial charge < -0.3 is 10.6 Å². The molecule has 0 aliphatic carbocycles. The maximum absolute atomic E-state index is 12.8. The second kappa shape index (κ2) is 6.57. The molecule has 1 heterocycles. The van der Waals surface area contributed by atoms with Crippen LogP contribution in [-0.4, -0.2) is 12.5 Å². The number of rotatable bonds is 5. The topological polar surface area (TPSA) is 46.3 Å². The number of hydrogen-bond acceptors (Lipinski definition) is 3. The summed E-state index contributed by atoms with van der Waals surface area (Å²) < 4.78 is 0. The van der Waals surface area contributed by atoms with Gasteiger partial charge in [0.1, 0.15) is 0 Å². The molecule has 106 valence electrons. The Kier molecular flexibility index (Phi) is 4.79. The Hall–Kier alpha value is -1.81. The van der Waals surface area contributed by atoms with Crippen LogP contribution in [0.2, 0.25) is 0 Å². The van der Waals surface area contributed by atoms with Gasteiger partial charge in [-0.05, 0) is 42.0 Å². The van der Waals surface area contributed by atoms with Crippen molar-refractivity contribution < 1.29 is 4.79 Å². The van der Waals surface area contributed by atoms with Crippen LogP contribution in [-0.2, 0) is 6.42 Å². The zero-order valence-corrected chi connectivity index (χ0v) is 12.7. The number of benzene rings is 1. The molecule has 0 atom stereocenters. The molecule has 1 aromatic carbocycles. The molecular weight excluding hydrogens is 268 g/mol. The van der Waals surface area contributed by atoms with Crippen LogP contribution in [0.5, 0.6) is 0 Å². The van der Waals surface area contributed by atoms with Gasteiger partial charge in [-0.2, -0.15) is 0 Å². The molecule has 3 nitrogen and oxygen atoms in total. The Morgan fingerprint density at radius 1 is 1.25 bits per heavy atom. The minimum Gasteiger partial charge on any atom is -0.397 e. The van der Waals surface area contributed by atoms with Gasteiger partial charge in [0.15, 0.2) is 0 Å². The Morgan fingerprint density at radius 3 is 2.65 bits per heavy atom. The molecule has 0 saturated heterocycles. The van der Waals surface area contributed by atoms with E-state index in [4.69, 9.17) is 5.73 Å². The first-order valence-electron chi connectivity index (χ1n) is 6.91. The van der Waals surface area contributed by atoms with Crippen molar-refractivity contribution in [3.05, 3.63) is 46.2 Å². The summed E-state index contributed by atoms with van der Waals surface area (Å²) in [7, 11) is 0. The summed E-state index contributed by atoms with van der Waals surface area (Å²) in [5.74, 6) is 0.0524. The Bertz CT molecular complexity index is 592. The molecule has 2 N–H and O–H groups in total. The lowest BCUT2D eigenvalue weighted by Gasteiger charge is -2.23. The number of hydrogen-bond donors (Lipinski definition) is 1. The van der Waals surface area contributed by atoms with E-state index in [9.17, 15) is 4.79 Å². The molecule has 0 fully saturated rings. The van der Waals surface area contributed by atoms with E-state index in [1.807, 2.05) is 35.7 Å². The summed E-state index contributed by atoms with van der Waals surface area (Å²) in [5.41, 5.74) is 8.57. The number of anilines is 2. The van der Waals surface area contributed by atoms with Crippen molar-refractivity contribution in [2.24, 2.45) is 0 Å². The summed E-state index contributed by atoms with van der Waals surface area (Å²) in [6, 6.07) is 9.56. The third-order valence-electron chi connectivity index (χ3n) is 3.24. The maximum Gasteiger partial charge on any atom is 0.268 e. The molecule has 20 heavy (non-hydrogen) atoms. The van der Waals surface area contributed by atoms with E-state index in [0.29, 0.717) is 12.2 Å². The molecule has 4 heteroatoms. The first-order chi connectivity index (χ1) is 9.69. The van der Waals surface area contributed by atoms with Crippen molar-refractivity contribution in [2.75, 3.05) is 17.2 Å². The Labute approximate surface area is 124 Å². The van der Waals surface area contributed by atoms with E-state index < -0.39 is 0 Å². The number of thiophene rings is 1. The predicted octanol–water partition coefficient (Wildman–Crippen LogP) is 3.95. The van der Waals surface area contributed by atoms with Crippen LogP contribution in [0.25, 0.3) is 0 Å². The van der Waals surface area contributed by atoms with Crippen LogP contribution in [0, 0.1) is 0 Å². The second-order valence-electron chi connectivity index (χ2n) is 4.64. The van der Waals surface area contributed by atoms with Gasteiger partial charge in [-0.3, -0.25) is 4.79 Å². The zero-order chi connectivity index (χ0) is 14.5. The smallest absolute Gasteiger partial charge is 0.268 e. The van der Waals surface area contributed by atoms with Gasteiger partial charge >= 0.3 is 0 Å². The largest absolute Gasteiger partial charge is 0.397 e. The van der Waals surface area contributed by atoms with E-state index in [1.165, 1.54) is 11.3 Å². The first kappa shape index (κ1) is 14.6. The van der Waals surface area contributed by atoms with Gasteiger partial charge in [-0.25, -0.2) is 0 Å². The first-order valence-corrected chi connectivity index (χ1v) is 7.79. The number of nitrogen functional groups attached to an aromatic ring is 1.